The molecule has 70 valence electrons. The molecule has 2 rings (SSSR count). The Hall–Kier alpha value is -0.390. The van der Waals surface area contributed by atoms with Crippen molar-refractivity contribution >= 4 is 33.2 Å². The summed E-state index contributed by atoms with van der Waals surface area (Å²) in [5, 5.41) is 8.93. The number of carboxylic acids is 1. The maximum Gasteiger partial charge on any atom is 0.338 e. The van der Waals surface area contributed by atoms with Gasteiger partial charge in [-0.1, -0.05) is 0 Å². The zero-order chi connectivity index (χ0) is 9.42. The molecule has 0 fully saturated rings. The van der Waals surface area contributed by atoms with Crippen LogP contribution in [-0.2, 0) is 17.8 Å². The molecule has 0 radical (unpaired) electrons. The molecule has 5 heteroatoms. The highest BCUT2D eigenvalue weighted by Crippen LogP contribution is 2.35. The van der Waals surface area contributed by atoms with Crippen molar-refractivity contribution in [3.8, 4) is 0 Å². The Labute approximate surface area is 87.5 Å². The van der Waals surface area contributed by atoms with Crippen molar-refractivity contribution in [1.29, 1.82) is 0 Å². The fraction of sp³-hybridized carbons (Fsp3) is 0.375. The minimum Gasteiger partial charge on any atom is -0.478 e. The SMILES string of the molecule is O=C(O)c1c(Br)sc2c1COCC2. The van der Waals surface area contributed by atoms with E-state index < -0.39 is 5.97 Å². The van der Waals surface area contributed by atoms with E-state index in [1.54, 1.807) is 0 Å². The van der Waals surface area contributed by atoms with E-state index in [1.165, 1.54) is 11.3 Å². The second-order valence-corrected chi connectivity index (χ2v) is 5.18. The van der Waals surface area contributed by atoms with Gasteiger partial charge in [-0.3, -0.25) is 0 Å². The number of fused-ring (bicyclic) bond motifs is 1. The number of aromatic carboxylic acids is 1. The van der Waals surface area contributed by atoms with Gasteiger partial charge in [-0.05, 0) is 15.9 Å². The maximum absolute atomic E-state index is 10.9. The lowest BCUT2D eigenvalue weighted by atomic mass is 10.1. The number of rotatable bonds is 1. The van der Waals surface area contributed by atoms with E-state index in [-0.39, 0.29) is 0 Å². The second-order valence-electron chi connectivity index (χ2n) is 2.76. The third-order valence-electron chi connectivity index (χ3n) is 1.98. The summed E-state index contributed by atoms with van der Waals surface area (Å²) in [4.78, 5) is 12.0. The highest BCUT2D eigenvalue weighted by Gasteiger charge is 2.23. The van der Waals surface area contributed by atoms with Gasteiger partial charge in [0.15, 0.2) is 0 Å². The number of hydrogen-bond donors (Lipinski definition) is 1. The molecule has 1 aliphatic rings. The number of thiophene rings is 1. The average molecular weight is 263 g/mol. The summed E-state index contributed by atoms with van der Waals surface area (Å²) >= 11 is 4.76. The minimum atomic E-state index is -0.880. The highest BCUT2D eigenvalue weighted by atomic mass is 79.9. The summed E-state index contributed by atoms with van der Waals surface area (Å²) < 4.78 is 5.93. The first kappa shape index (κ1) is 9.18. The van der Waals surface area contributed by atoms with E-state index in [9.17, 15) is 4.79 Å². The standard InChI is InChI=1S/C8H7BrO3S/c9-7-6(8(10)11)4-3-12-2-1-5(4)13-7/h1-3H2,(H,10,11). The summed E-state index contributed by atoms with van der Waals surface area (Å²) in [6, 6.07) is 0. The van der Waals surface area contributed by atoms with Gasteiger partial charge >= 0.3 is 5.97 Å². The van der Waals surface area contributed by atoms with Crippen molar-refractivity contribution in [2.45, 2.75) is 13.0 Å². The molecule has 1 aromatic heterocycles. The first-order chi connectivity index (χ1) is 6.20. The molecular weight excluding hydrogens is 256 g/mol. The van der Waals surface area contributed by atoms with Gasteiger partial charge in [0.05, 0.1) is 22.6 Å². The molecule has 13 heavy (non-hydrogen) atoms. The van der Waals surface area contributed by atoms with Gasteiger partial charge in [0, 0.05) is 16.9 Å². The normalized spacial score (nSPS) is 15.5. The van der Waals surface area contributed by atoms with E-state index in [4.69, 9.17) is 9.84 Å². The van der Waals surface area contributed by atoms with Crippen LogP contribution in [0.1, 0.15) is 20.8 Å². The van der Waals surface area contributed by atoms with E-state index in [1.807, 2.05) is 0 Å². The first-order valence-corrected chi connectivity index (χ1v) is 5.42. The summed E-state index contributed by atoms with van der Waals surface area (Å²) in [5.74, 6) is -0.880. The van der Waals surface area contributed by atoms with E-state index in [2.05, 4.69) is 15.9 Å². The predicted molar refractivity (Wildman–Crippen MR) is 52.3 cm³/mol. The van der Waals surface area contributed by atoms with Crippen LogP contribution in [0, 0.1) is 0 Å². The summed E-state index contributed by atoms with van der Waals surface area (Å²) in [6.45, 7) is 1.12. The van der Waals surface area contributed by atoms with Crippen LogP contribution >= 0.6 is 27.3 Å². The first-order valence-electron chi connectivity index (χ1n) is 3.81. The third kappa shape index (κ3) is 1.51. The molecular formula is C8H7BrO3S. The summed E-state index contributed by atoms with van der Waals surface area (Å²) in [5.41, 5.74) is 1.22. The van der Waals surface area contributed by atoms with Crippen LogP contribution < -0.4 is 0 Å². The van der Waals surface area contributed by atoms with Crippen LogP contribution in [-0.4, -0.2) is 17.7 Å². The van der Waals surface area contributed by atoms with E-state index >= 15 is 0 Å². The zero-order valence-corrected chi connectivity index (χ0v) is 9.07. The van der Waals surface area contributed by atoms with Crippen molar-refractivity contribution < 1.29 is 14.6 Å². The molecule has 1 aliphatic heterocycles. The quantitative estimate of drug-likeness (QED) is 0.845. The van der Waals surface area contributed by atoms with E-state index in [0.29, 0.717) is 22.6 Å². The topological polar surface area (TPSA) is 46.5 Å². The fourth-order valence-corrected chi connectivity index (χ4v) is 3.38. The van der Waals surface area contributed by atoms with Crippen LogP contribution in [0.5, 0.6) is 0 Å². The molecule has 1 aromatic rings. The van der Waals surface area contributed by atoms with Crippen molar-refractivity contribution in [3.63, 3.8) is 0 Å². The highest BCUT2D eigenvalue weighted by molar-refractivity contribution is 9.11. The van der Waals surface area contributed by atoms with Crippen molar-refractivity contribution in [3.05, 3.63) is 19.8 Å². The number of ether oxygens (including phenoxy) is 1. The molecule has 2 heterocycles. The molecule has 0 spiro atoms. The number of carbonyl (C=O) groups is 1. The molecule has 0 saturated carbocycles. The molecule has 3 nitrogen and oxygen atoms in total. The average Bonchev–Trinajstić information content (AvgIpc) is 2.39. The van der Waals surface area contributed by atoms with Crippen LogP contribution in [0.2, 0.25) is 0 Å². The van der Waals surface area contributed by atoms with Crippen LogP contribution in [0.25, 0.3) is 0 Å². The lowest BCUT2D eigenvalue weighted by molar-refractivity contribution is 0.0683. The number of hydrogen-bond acceptors (Lipinski definition) is 3. The van der Waals surface area contributed by atoms with Gasteiger partial charge in [0.1, 0.15) is 0 Å². The zero-order valence-electron chi connectivity index (χ0n) is 6.67. The maximum atomic E-state index is 10.9. The van der Waals surface area contributed by atoms with Gasteiger partial charge in [-0.2, -0.15) is 0 Å². The Morgan fingerprint density at radius 3 is 3.08 bits per heavy atom. The summed E-state index contributed by atoms with van der Waals surface area (Å²) in [7, 11) is 0. The monoisotopic (exact) mass is 262 g/mol. The molecule has 0 aliphatic carbocycles. The van der Waals surface area contributed by atoms with Crippen molar-refractivity contribution in [1.82, 2.24) is 0 Å². The fourth-order valence-electron chi connectivity index (χ4n) is 1.39. The van der Waals surface area contributed by atoms with E-state index in [0.717, 1.165) is 16.9 Å². The smallest absolute Gasteiger partial charge is 0.338 e. The molecule has 0 aromatic carbocycles. The van der Waals surface area contributed by atoms with Gasteiger partial charge in [0.25, 0.3) is 0 Å². The minimum absolute atomic E-state index is 0.375. The Bertz CT molecular complexity index is 359. The Balaban J connectivity index is 2.54. The Morgan fingerprint density at radius 1 is 1.62 bits per heavy atom. The van der Waals surface area contributed by atoms with Crippen LogP contribution in [0.4, 0.5) is 0 Å². The molecule has 1 N–H and O–H groups in total. The lowest BCUT2D eigenvalue weighted by Gasteiger charge is -2.11. The van der Waals surface area contributed by atoms with Gasteiger partial charge in [-0.25, -0.2) is 4.79 Å². The third-order valence-corrected chi connectivity index (χ3v) is 3.94. The molecule has 0 amide bonds. The molecule has 0 saturated heterocycles. The molecule has 0 unspecified atom stereocenters. The Morgan fingerprint density at radius 2 is 2.38 bits per heavy atom. The van der Waals surface area contributed by atoms with Gasteiger partial charge in [0.2, 0.25) is 0 Å². The van der Waals surface area contributed by atoms with Crippen molar-refractivity contribution in [2.75, 3.05) is 6.61 Å². The molecule has 0 atom stereocenters. The number of carboxylic acid groups (broad SMARTS) is 1. The Kier molecular flexibility index (Phi) is 2.40. The lowest BCUT2D eigenvalue weighted by Crippen LogP contribution is -2.10. The van der Waals surface area contributed by atoms with Gasteiger partial charge in [-0.15, -0.1) is 11.3 Å². The van der Waals surface area contributed by atoms with Crippen LogP contribution in [0.15, 0.2) is 3.79 Å². The molecule has 0 bridgehead atoms. The van der Waals surface area contributed by atoms with Crippen molar-refractivity contribution in [2.24, 2.45) is 0 Å². The van der Waals surface area contributed by atoms with Gasteiger partial charge < -0.3 is 9.84 Å². The predicted octanol–water partition coefficient (Wildman–Crippen LogP) is 2.28. The second kappa shape index (κ2) is 3.40. The summed E-state index contributed by atoms with van der Waals surface area (Å²) in [6.07, 6.45) is 0.825. The van der Waals surface area contributed by atoms with Crippen LogP contribution in [0.3, 0.4) is 0 Å². The number of halogens is 1. The largest absolute Gasteiger partial charge is 0.478 e.